The van der Waals surface area contributed by atoms with E-state index in [9.17, 15) is 4.79 Å². The number of halogens is 1. The van der Waals surface area contributed by atoms with E-state index in [1.807, 2.05) is 0 Å². The summed E-state index contributed by atoms with van der Waals surface area (Å²) < 4.78 is 5.36. The molecule has 6 heteroatoms. The van der Waals surface area contributed by atoms with E-state index in [0.29, 0.717) is 24.9 Å². The number of hydrogen-bond donors (Lipinski definition) is 2. The number of carboxylic acid groups (broad SMARTS) is 1. The highest BCUT2D eigenvalue weighted by atomic mass is 35.5. The first-order valence-corrected chi connectivity index (χ1v) is 6.19. The van der Waals surface area contributed by atoms with Crippen molar-refractivity contribution in [1.29, 1.82) is 0 Å². The van der Waals surface area contributed by atoms with Gasteiger partial charge in [-0.25, -0.2) is 9.78 Å². The zero-order valence-electron chi connectivity index (χ0n) is 10.0. The van der Waals surface area contributed by atoms with Gasteiger partial charge in [-0.3, -0.25) is 0 Å². The van der Waals surface area contributed by atoms with E-state index in [0.717, 1.165) is 6.42 Å². The Morgan fingerprint density at radius 3 is 3.11 bits per heavy atom. The van der Waals surface area contributed by atoms with Gasteiger partial charge in [-0.15, -0.1) is 0 Å². The molecule has 98 valence electrons. The van der Waals surface area contributed by atoms with Crippen molar-refractivity contribution in [3.63, 3.8) is 0 Å². The predicted molar refractivity (Wildman–Crippen MR) is 68.2 cm³/mol. The normalized spacial score (nSPS) is 23.7. The fraction of sp³-hybridized carbons (Fsp3) is 0.500. The van der Waals surface area contributed by atoms with Crippen LogP contribution in [0.3, 0.4) is 0 Å². The fourth-order valence-electron chi connectivity index (χ4n) is 1.97. The molecule has 0 amide bonds. The third-order valence-electron chi connectivity index (χ3n) is 3.06. The van der Waals surface area contributed by atoms with Crippen LogP contribution >= 0.6 is 11.6 Å². The van der Waals surface area contributed by atoms with E-state index >= 15 is 0 Å². The molecule has 18 heavy (non-hydrogen) atoms. The van der Waals surface area contributed by atoms with Crippen molar-refractivity contribution >= 4 is 23.4 Å². The first-order chi connectivity index (χ1) is 8.58. The van der Waals surface area contributed by atoms with E-state index in [1.165, 1.54) is 12.3 Å². The molecular formula is C12H15ClN2O3. The Morgan fingerprint density at radius 1 is 1.67 bits per heavy atom. The van der Waals surface area contributed by atoms with Crippen LogP contribution in [-0.2, 0) is 4.74 Å². The largest absolute Gasteiger partial charge is 0.478 e. The Labute approximate surface area is 110 Å². The quantitative estimate of drug-likeness (QED) is 0.882. The second-order valence-corrected chi connectivity index (χ2v) is 4.85. The SMILES string of the molecule is CC1COCCC1Nc1cc(C(=O)O)c(Cl)cn1. The molecule has 2 N–H and O–H groups in total. The van der Waals surface area contributed by atoms with Crippen molar-refractivity contribution in [2.45, 2.75) is 19.4 Å². The van der Waals surface area contributed by atoms with Crippen molar-refractivity contribution in [2.75, 3.05) is 18.5 Å². The molecule has 1 saturated heterocycles. The Hall–Kier alpha value is -1.33. The second-order valence-electron chi connectivity index (χ2n) is 4.45. The molecule has 5 nitrogen and oxygen atoms in total. The third kappa shape index (κ3) is 2.91. The number of pyridine rings is 1. The zero-order valence-corrected chi connectivity index (χ0v) is 10.8. The minimum absolute atomic E-state index is 0.0638. The predicted octanol–water partition coefficient (Wildman–Crippen LogP) is 2.27. The molecule has 1 aromatic rings. The fourth-order valence-corrected chi connectivity index (χ4v) is 2.15. The number of aromatic nitrogens is 1. The highest BCUT2D eigenvalue weighted by molar-refractivity contribution is 6.33. The topological polar surface area (TPSA) is 71.5 Å². The minimum atomic E-state index is -1.05. The summed E-state index contributed by atoms with van der Waals surface area (Å²) in [7, 11) is 0. The molecule has 0 spiro atoms. The van der Waals surface area contributed by atoms with Crippen LogP contribution in [0.1, 0.15) is 23.7 Å². The van der Waals surface area contributed by atoms with Crippen LogP contribution in [0.2, 0.25) is 5.02 Å². The van der Waals surface area contributed by atoms with E-state index in [2.05, 4.69) is 17.2 Å². The molecule has 0 radical (unpaired) electrons. The lowest BCUT2D eigenvalue weighted by Gasteiger charge is -2.30. The number of hydrogen-bond acceptors (Lipinski definition) is 4. The number of carbonyl (C=O) groups is 1. The summed E-state index contributed by atoms with van der Waals surface area (Å²) in [4.78, 5) is 15.1. The zero-order chi connectivity index (χ0) is 13.1. The van der Waals surface area contributed by atoms with Crippen molar-refractivity contribution in [3.05, 3.63) is 22.8 Å². The minimum Gasteiger partial charge on any atom is -0.478 e. The molecular weight excluding hydrogens is 256 g/mol. The molecule has 0 bridgehead atoms. The van der Waals surface area contributed by atoms with Gasteiger partial charge in [-0.05, 0) is 18.4 Å². The number of nitrogens with zero attached hydrogens (tertiary/aromatic N) is 1. The number of nitrogens with one attached hydrogen (secondary N) is 1. The summed E-state index contributed by atoms with van der Waals surface area (Å²) in [6.07, 6.45) is 2.24. The lowest BCUT2D eigenvalue weighted by atomic mass is 9.98. The smallest absolute Gasteiger partial charge is 0.337 e. The van der Waals surface area contributed by atoms with Gasteiger partial charge in [0.15, 0.2) is 0 Å². The number of ether oxygens (including phenoxy) is 1. The van der Waals surface area contributed by atoms with Crippen LogP contribution in [0.15, 0.2) is 12.3 Å². The summed E-state index contributed by atoms with van der Waals surface area (Å²) >= 11 is 5.77. The molecule has 2 heterocycles. The molecule has 1 fully saturated rings. The number of carboxylic acids is 1. The molecule has 0 aliphatic carbocycles. The van der Waals surface area contributed by atoms with Crippen molar-refractivity contribution in [2.24, 2.45) is 5.92 Å². The van der Waals surface area contributed by atoms with E-state index in [4.69, 9.17) is 21.4 Å². The molecule has 0 aromatic carbocycles. The maximum absolute atomic E-state index is 11.0. The van der Waals surface area contributed by atoms with Crippen LogP contribution in [0.4, 0.5) is 5.82 Å². The standard InChI is InChI=1S/C12H15ClN2O3/c1-7-6-18-3-2-10(7)15-11-4-8(12(16)17)9(13)5-14-11/h4-5,7,10H,2-3,6H2,1H3,(H,14,15)(H,16,17). The van der Waals surface area contributed by atoms with Crippen LogP contribution in [0, 0.1) is 5.92 Å². The summed E-state index contributed by atoms with van der Waals surface area (Å²) in [5.74, 6) is -0.148. The summed E-state index contributed by atoms with van der Waals surface area (Å²) in [5.41, 5.74) is 0.0638. The lowest BCUT2D eigenvalue weighted by molar-refractivity contribution is 0.0536. The number of aromatic carboxylic acids is 1. The Balaban J connectivity index is 2.14. The first-order valence-electron chi connectivity index (χ1n) is 5.81. The maximum Gasteiger partial charge on any atom is 0.337 e. The molecule has 2 atom stereocenters. The van der Waals surface area contributed by atoms with Gasteiger partial charge in [-0.1, -0.05) is 18.5 Å². The summed E-state index contributed by atoms with van der Waals surface area (Å²) in [6, 6.07) is 1.71. The molecule has 2 rings (SSSR count). The van der Waals surface area contributed by atoms with Crippen molar-refractivity contribution in [3.8, 4) is 0 Å². The van der Waals surface area contributed by atoms with Gasteiger partial charge in [0, 0.05) is 18.8 Å². The van der Waals surface area contributed by atoms with E-state index < -0.39 is 5.97 Å². The van der Waals surface area contributed by atoms with Gasteiger partial charge in [0.05, 0.1) is 17.2 Å². The van der Waals surface area contributed by atoms with Gasteiger partial charge < -0.3 is 15.2 Å². The third-order valence-corrected chi connectivity index (χ3v) is 3.36. The second kappa shape index (κ2) is 5.54. The first kappa shape index (κ1) is 13.1. The Kier molecular flexibility index (Phi) is 4.04. The number of rotatable bonds is 3. The monoisotopic (exact) mass is 270 g/mol. The van der Waals surface area contributed by atoms with Gasteiger partial charge in [0.25, 0.3) is 0 Å². The van der Waals surface area contributed by atoms with Crippen molar-refractivity contribution in [1.82, 2.24) is 4.98 Å². The Bertz CT molecular complexity index is 453. The van der Waals surface area contributed by atoms with Crippen LogP contribution in [0.5, 0.6) is 0 Å². The summed E-state index contributed by atoms with van der Waals surface area (Å²) in [6.45, 7) is 3.50. The van der Waals surface area contributed by atoms with Crippen LogP contribution < -0.4 is 5.32 Å². The van der Waals surface area contributed by atoms with Gasteiger partial charge in [0.1, 0.15) is 5.82 Å². The Morgan fingerprint density at radius 2 is 2.44 bits per heavy atom. The highest BCUT2D eigenvalue weighted by Gasteiger charge is 2.22. The van der Waals surface area contributed by atoms with Crippen LogP contribution in [0.25, 0.3) is 0 Å². The lowest BCUT2D eigenvalue weighted by Crippen LogP contribution is -2.36. The highest BCUT2D eigenvalue weighted by Crippen LogP contribution is 2.22. The van der Waals surface area contributed by atoms with Crippen molar-refractivity contribution < 1.29 is 14.6 Å². The average Bonchev–Trinajstić information content (AvgIpc) is 2.34. The van der Waals surface area contributed by atoms with E-state index in [-0.39, 0.29) is 16.6 Å². The molecule has 1 aliphatic heterocycles. The molecule has 0 saturated carbocycles. The van der Waals surface area contributed by atoms with Gasteiger partial charge >= 0.3 is 5.97 Å². The van der Waals surface area contributed by atoms with Crippen LogP contribution in [-0.4, -0.2) is 35.3 Å². The van der Waals surface area contributed by atoms with Gasteiger partial charge in [0.2, 0.25) is 0 Å². The molecule has 1 aliphatic rings. The molecule has 2 unspecified atom stereocenters. The summed E-state index contributed by atoms with van der Waals surface area (Å²) in [5, 5.41) is 12.4. The number of anilines is 1. The van der Waals surface area contributed by atoms with Gasteiger partial charge in [-0.2, -0.15) is 0 Å². The molecule has 1 aromatic heterocycles. The van der Waals surface area contributed by atoms with E-state index in [1.54, 1.807) is 0 Å². The maximum atomic E-state index is 11.0. The average molecular weight is 271 g/mol.